The lowest BCUT2D eigenvalue weighted by Crippen LogP contribution is -2.25. The van der Waals surface area contributed by atoms with Crippen molar-refractivity contribution in [3.8, 4) is 16.9 Å². The van der Waals surface area contributed by atoms with Gasteiger partial charge in [-0.15, -0.1) is 5.10 Å². The van der Waals surface area contributed by atoms with E-state index in [1.165, 1.54) is 10.2 Å². The molecule has 1 N–H and O–H groups in total. The van der Waals surface area contributed by atoms with Gasteiger partial charge in [0.05, 0.1) is 5.56 Å². The van der Waals surface area contributed by atoms with E-state index in [0.29, 0.717) is 11.4 Å². The van der Waals surface area contributed by atoms with Crippen molar-refractivity contribution in [2.24, 2.45) is 7.05 Å². The molecule has 0 saturated carbocycles. The highest BCUT2D eigenvalue weighted by atomic mass is 16.3. The molecule has 23 heavy (non-hydrogen) atoms. The molecule has 0 radical (unpaired) electrons. The average Bonchev–Trinajstić information content (AvgIpc) is 2.51. The maximum Gasteiger partial charge on any atom is 0.278 e. The normalized spacial score (nSPS) is 10.9. The molecule has 0 fully saturated rings. The minimum absolute atomic E-state index is 0.0497. The van der Waals surface area contributed by atoms with Crippen molar-refractivity contribution in [1.82, 2.24) is 9.78 Å². The summed E-state index contributed by atoms with van der Waals surface area (Å²) in [6.45, 7) is 6.18. The first kappa shape index (κ1) is 17.1. The van der Waals surface area contributed by atoms with Crippen LogP contribution in [0.1, 0.15) is 30.5 Å². The molecule has 5 nitrogen and oxygen atoms in total. The summed E-state index contributed by atoms with van der Waals surface area (Å²) >= 11 is 0. The molecule has 0 aliphatic heterocycles. The molecule has 0 bridgehead atoms. The lowest BCUT2D eigenvalue weighted by Gasteiger charge is -2.20. The van der Waals surface area contributed by atoms with Crippen LogP contribution in [0.2, 0.25) is 0 Å². The Labute approximate surface area is 137 Å². The van der Waals surface area contributed by atoms with Crippen molar-refractivity contribution in [3.63, 3.8) is 0 Å². The average molecular weight is 315 g/mol. The Morgan fingerprint density at radius 1 is 1.13 bits per heavy atom. The van der Waals surface area contributed by atoms with E-state index in [4.69, 9.17) is 0 Å². The highest BCUT2D eigenvalue weighted by Gasteiger charge is 2.22. The zero-order valence-corrected chi connectivity index (χ0v) is 14.8. The summed E-state index contributed by atoms with van der Waals surface area (Å²) in [7, 11) is 5.21. The van der Waals surface area contributed by atoms with Crippen LogP contribution in [0.5, 0.6) is 5.75 Å². The molecule has 2 rings (SSSR count). The lowest BCUT2D eigenvalue weighted by molar-refractivity contribution is 0.467. The number of rotatable bonds is 4. The number of nitrogens with zero attached hydrogens (tertiary/aromatic N) is 3. The Morgan fingerprint density at radius 2 is 1.65 bits per heavy atom. The molecule has 1 heterocycles. The van der Waals surface area contributed by atoms with E-state index in [1.54, 1.807) is 26.0 Å². The second-order valence-electron chi connectivity index (χ2n) is 6.04. The van der Waals surface area contributed by atoms with Crippen molar-refractivity contribution in [1.29, 1.82) is 0 Å². The molecule has 0 unspecified atom stereocenters. The molecule has 0 aliphatic carbocycles. The van der Waals surface area contributed by atoms with Crippen molar-refractivity contribution in [2.75, 3.05) is 19.0 Å². The van der Waals surface area contributed by atoms with Crippen LogP contribution in [0.4, 0.5) is 5.82 Å². The van der Waals surface area contributed by atoms with Gasteiger partial charge < -0.3 is 10.0 Å². The molecule has 1 aromatic carbocycles. The first-order valence-electron chi connectivity index (χ1n) is 7.92. The summed E-state index contributed by atoms with van der Waals surface area (Å²) in [5, 5.41) is 14.9. The quantitative estimate of drug-likeness (QED) is 0.942. The number of aryl methyl sites for hydroxylation is 4. The second-order valence-corrected chi connectivity index (χ2v) is 6.04. The van der Waals surface area contributed by atoms with Gasteiger partial charge in [0.1, 0.15) is 0 Å². The molecule has 1 aromatic heterocycles. The SMILES string of the molecule is CCc1cc(C)cc(CC)c1-c1c(O)c(N(C)C)nn(C)c1=O. The Morgan fingerprint density at radius 3 is 2.09 bits per heavy atom. The highest BCUT2D eigenvalue weighted by molar-refractivity contribution is 5.80. The van der Waals surface area contributed by atoms with E-state index >= 15 is 0 Å². The minimum atomic E-state index is -0.277. The summed E-state index contributed by atoms with van der Waals surface area (Å²) in [6.07, 6.45) is 1.60. The Balaban J connectivity index is 2.95. The molecule has 2 aromatic rings. The Hall–Kier alpha value is -2.30. The van der Waals surface area contributed by atoms with E-state index in [9.17, 15) is 9.90 Å². The zero-order valence-electron chi connectivity index (χ0n) is 14.8. The van der Waals surface area contributed by atoms with Gasteiger partial charge >= 0.3 is 0 Å². The molecule has 0 saturated heterocycles. The number of anilines is 1. The fourth-order valence-corrected chi connectivity index (χ4v) is 2.96. The fourth-order valence-electron chi connectivity index (χ4n) is 2.96. The summed E-state index contributed by atoms with van der Waals surface area (Å²) in [6, 6.07) is 4.17. The Kier molecular flexibility index (Phi) is 4.78. The number of hydrogen-bond donors (Lipinski definition) is 1. The molecule has 0 spiro atoms. The molecular formula is C18H25N3O2. The van der Waals surface area contributed by atoms with Crippen LogP contribution in [0.25, 0.3) is 11.1 Å². The summed E-state index contributed by atoms with van der Waals surface area (Å²) in [5.74, 6) is 0.345. The van der Waals surface area contributed by atoms with Crippen molar-refractivity contribution in [3.05, 3.63) is 39.2 Å². The van der Waals surface area contributed by atoms with Gasteiger partial charge in [-0.2, -0.15) is 0 Å². The van der Waals surface area contributed by atoms with E-state index in [0.717, 1.165) is 29.5 Å². The molecule has 124 valence electrons. The standard InChI is InChI=1S/C18H25N3O2/c1-7-12-9-11(3)10-13(8-2)14(12)15-16(22)17(20(4)5)19-21(6)18(15)23/h9-10,22H,7-8H2,1-6H3. The van der Waals surface area contributed by atoms with Crippen LogP contribution in [-0.4, -0.2) is 29.0 Å². The van der Waals surface area contributed by atoms with Crippen molar-refractivity contribution in [2.45, 2.75) is 33.6 Å². The van der Waals surface area contributed by atoms with Gasteiger partial charge in [-0.1, -0.05) is 31.5 Å². The minimum Gasteiger partial charge on any atom is -0.504 e. The van der Waals surface area contributed by atoms with Gasteiger partial charge in [0.2, 0.25) is 0 Å². The van der Waals surface area contributed by atoms with Crippen LogP contribution in [0, 0.1) is 6.92 Å². The largest absolute Gasteiger partial charge is 0.504 e. The number of hydrogen-bond acceptors (Lipinski definition) is 4. The lowest BCUT2D eigenvalue weighted by atomic mass is 9.90. The fraction of sp³-hybridized carbons (Fsp3) is 0.444. The third-order valence-corrected chi connectivity index (χ3v) is 4.08. The summed E-state index contributed by atoms with van der Waals surface area (Å²) < 4.78 is 1.29. The van der Waals surface area contributed by atoms with E-state index in [1.807, 2.05) is 0 Å². The van der Waals surface area contributed by atoms with E-state index < -0.39 is 0 Å². The summed E-state index contributed by atoms with van der Waals surface area (Å²) in [5.41, 5.74) is 4.24. The highest BCUT2D eigenvalue weighted by Crippen LogP contribution is 2.37. The smallest absolute Gasteiger partial charge is 0.278 e. The third-order valence-electron chi connectivity index (χ3n) is 4.08. The van der Waals surface area contributed by atoms with Crippen LogP contribution in [0.3, 0.4) is 0 Å². The molecule has 0 atom stereocenters. The molecule has 0 aliphatic rings. The van der Waals surface area contributed by atoms with Crippen LogP contribution in [0.15, 0.2) is 16.9 Å². The monoisotopic (exact) mass is 315 g/mol. The predicted molar refractivity (Wildman–Crippen MR) is 94.4 cm³/mol. The van der Waals surface area contributed by atoms with Crippen LogP contribution in [-0.2, 0) is 19.9 Å². The zero-order chi connectivity index (χ0) is 17.3. The van der Waals surface area contributed by atoms with Crippen molar-refractivity contribution >= 4 is 5.82 Å². The molecular weight excluding hydrogens is 290 g/mol. The predicted octanol–water partition coefficient (Wildman–Crippen LogP) is 2.65. The van der Waals surface area contributed by atoms with Gasteiger partial charge in [0, 0.05) is 21.1 Å². The Bertz CT molecular complexity index is 767. The first-order chi connectivity index (χ1) is 10.8. The maximum absolute atomic E-state index is 12.7. The summed E-state index contributed by atoms with van der Waals surface area (Å²) in [4.78, 5) is 14.4. The molecule has 5 heteroatoms. The number of benzene rings is 1. The number of aromatic nitrogens is 2. The van der Waals surface area contributed by atoms with Gasteiger partial charge in [0.25, 0.3) is 5.56 Å². The van der Waals surface area contributed by atoms with E-state index in [2.05, 4.69) is 38.0 Å². The van der Waals surface area contributed by atoms with Crippen molar-refractivity contribution < 1.29 is 5.11 Å². The van der Waals surface area contributed by atoms with E-state index in [-0.39, 0.29) is 11.3 Å². The van der Waals surface area contributed by atoms with Crippen LogP contribution >= 0.6 is 0 Å². The maximum atomic E-state index is 12.7. The first-order valence-corrected chi connectivity index (χ1v) is 7.92. The van der Waals surface area contributed by atoms with Gasteiger partial charge in [-0.25, -0.2) is 4.68 Å². The molecule has 0 amide bonds. The van der Waals surface area contributed by atoms with Crippen LogP contribution < -0.4 is 10.5 Å². The third kappa shape index (κ3) is 2.96. The van der Waals surface area contributed by atoms with Gasteiger partial charge in [0.15, 0.2) is 11.6 Å². The van der Waals surface area contributed by atoms with Gasteiger partial charge in [-0.05, 0) is 36.5 Å². The topological polar surface area (TPSA) is 58.4 Å². The second kappa shape index (κ2) is 6.44. The van der Waals surface area contributed by atoms with Gasteiger partial charge in [-0.3, -0.25) is 4.79 Å². The number of aromatic hydroxyl groups is 1.